The number of halogens is 1. The van der Waals surface area contributed by atoms with Crippen LogP contribution in [0.3, 0.4) is 0 Å². The highest BCUT2D eigenvalue weighted by molar-refractivity contribution is 7.98. The minimum absolute atomic E-state index is 0.340. The average molecular weight is 340 g/mol. The molecule has 0 saturated heterocycles. The van der Waals surface area contributed by atoms with Crippen LogP contribution < -0.4 is 4.74 Å². The summed E-state index contributed by atoms with van der Waals surface area (Å²) in [4.78, 5) is 8.85. The summed E-state index contributed by atoms with van der Waals surface area (Å²) in [5, 5.41) is 0.643. The highest BCUT2D eigenvalue weighted by Crippen LogP contribution is 2.26. The molecule has 3 aromatic rings. The third-order valence-electron chi connectivity index (χ3n) is 3.45. The van der Waals surface area contributed by atoms with Crippen molar-refractivity contribution in [2.75, 3.05) is 0 Å². The topological polar surface area (TPSA) is 35.0 Å². The lowest BCUT2D eigenvalue weighted by molar-refractivity contribution is 0.450. The molecule has 0 spiro atoms. The summed E-state index contributed by atoms with van der Waals surface area (Å²) in [6, 6.07) is 16.0. The Morgan fingerprint density at radius 3 is 2.62 bits per heavy atom. The van der Waals surface area contributed by atoms with Crippen molar-refractivity contribution in [1.82, 2.24) is 9.97 Å². The highest BCUT2D eigenvalue weighted by atomic mass is 32.2. The minimum Gasteiger partial charge on any atom is -0.439 e. The van der Waals surface area contributed by atoms with Crippen molar-refractivity contribution in [3.63, 3.8) is 0 Å². The first-order chi connectivity index (χ1) is 11.6. The number of benzene rings is 2. The summed E-state index contributed by atoms with van der Waals surface area (Å²) in [6.45, 7) is 3.98. The van der Waals surface area contributed by atoms with Crippen LogP contribution in [0.1, 0.15) is 16.8 Å². The van der Waals surface area contributed by atoms with E-state index in [-0.39, 0.29) is 5.82 Å². The van der Waals surface area contributed by atoms with Gasteiger partial charge in [-0.2, -0.15) is 4.98 Å². The second-order valence-corrected chi connectivity index (χ2v) is 6.35. The standard InChI is InChI=1S/C19H17FN2OS/c1-13-6-3-4-7-15(13)12-24-19-21-14(2)10-18(22-19)23-17-9-5-8-16(20)11-17/h3-11H,12H2,1-2H3. The van der Waals surface area contributed by atoms with Crippen molar-refractivity contribution >= 4 is 11.8 Å². The number of aryl methyl sites for hydroxylation is 2. The van der Waals surface area contributed by atoms with Gasteiger partial charge in [0.25, 0.3) is 0 Å². The lowest BCUT2D eigenvalue weighted by atomic mass is 10.1. The molecule has 122 valence electrons. The van der Waals surface area contributed by atoms with E-state index in [1.165, 1.54) is 23.3 Å². The maximum atomic E-state index is 13.3. The summed E-state index contributed by atoms with van der Waals surface area (Å²) < 4.78 is 18.9. The van der Waals surface area contributed by atoms with Gasteiger partial charge in [0.2, 0.25) is 5.88 Å². The normalized spacial score (nSPS) is 10.6. The summed E-state index contributed by atoms with van der Waals surface area (Å²) in [7, 11) is 0. The van der Waals surface area contributed by atoms with E-state index < -0.39 is 0 Å². The van der Waals surface area contributed by atoms with Crippen LogP contribution in [0, 0.1) is 19.7 Å². The van der Waals surface area contributed by atoms with Crippen molar-refractivity contribution in [2.45, 2.75) is 24.8 Å². The molecule has 0 atom stereocenters. The molecule has 1 aromatic heterocycles. The Balaban J connectivity index is 1.75. The number of nitrogens with zero attached hydrogens (tertiary/aromatic N) is 2. The third kappa shape index (κ3) is 4.32. The molecule has 5 heteroatoms. The Bertz CT molecular complexity index is 854. The monoisotopic (exact) mass is 340 g/mol. The number of hydrogen-bond acceptors (Lipinski definition) is 4. The second kappa shape index (κ2) is 7.45. The molecule has 0 unspecified atom stereocenters. The number of hydrogen-bond donors (Lipinski definition) is 0. The van der Waals surface area contributed by atoms with Crippen LogP contribution >= 0.6 is 11.8 Å². The van der Waals surface area contributed by atoms with Gasteiger partial charge in [-0.05, 0) is 37.1 Å². The van der Waals surface area contributed by atoms with Gasteiger partial charge >= 0.3 is 0 Å². The molecule has 0 aliphatic heterocycles. The second-order valence-electron chi connectivity index (χ2n) is 5.40. The van der Waals surface area contributed by atoms with Gasteiger partial charge in [0.05, 0.1) is 0 Å². The van der Waals surface area contributed by atoms with Crippen LogP contribution in [0.5, 0.6) is 11.6 Å². The number of aromatic nitrogens is 2. The van der Waals surface area contributed by atoms with E-state index in [0.29, 0.717) is 16.8 Å². The lowest BCUT2D eigenvalue weighted by Crippen LogP contribution is -1.96. The van der Waals surface area contributed by atoms with Gasteiger partial charge in [-0.25, -0.2) is 9.37 Å². The van der Waals surface area contributed by atoms with Gasteiger partial charge in [-0.3, -0.25) is 0 Å². The fourth-order valence-electron chi connectivity index (χ4n) is 2.20. The van der Waals surface area contributed by atoms with E-state index in [0.717, 1.165) is 11.4 Å². The molecule has 0 amide bonds. The van der Waals surface area contributed by atoms with Gasteiger partial charge in [-0.15, -0.1) is 0 Å². The fraction of sp³-hybridized carbons (Fsp3) is 0.158. The Labute approximate surface area is 144 Å². The third-order valence-corrected chi connectivity index (χ3v) is 4.34. The number of thioether (sulfide) groups is 1. The molecule has 1 heterocycles. The van der Waals surface area contributed by atoms with Crippen molar-refractivity contribution in [3.05, 3.63) is 77.2 Å². The van der Waals surface area contributed by atoms with E-state index in [2.05, 4.69) is 29.0 Å². The molecule has 0 aliphatic carbocycles. The Morgan fingerprint density at radius 2 is 1.83 bits per heavy atom. The molecule has 2 aromatic carbocycles. The maximum absolute atomic E-state index is 13.3. The predicted octanol–water partition coefficient (Wildman–Crippen LogP) is 5.32. The van der Waals surface area contributed by atoms with E-state index in [4.69, 9.17) is 4.74 Å². The lowest BCUT2D eigenvalue weighted by Gasteiger charge is -2.08. The smallest absolute Gasteiger partial charge is 0.223 e. The van der Waals surface area contributed by atoms with Gasteiger partial charge in [-0.1, -0.05) is 42.1 Å². The quantitative estimate of drug-likeness (QED) is 0.465. The zero-order valence-corrected chi connectivity index (χ0v) is 14.3. The number of rotatable bonds is 5. The van der Waals surface area contributed by atoms with E-state index in [1.54, 1.807) is 30.0 Å². The Hall–Kier alpha value is -2.40. The van der Waals surface area contributed by atoms with Crippen LogP contribution in [-0.2, 0) is 5.75 Å². The highest BCUT2D eigenvalue weighted by Gasteiger charge is 2.07. The molecule has 0 aliphatic rings. The van der Waals surface area contributed by atoms with Crippen LogP contribution in [0.15, 0.2) is 59.8 Å². The first-order valence-electron chi connectivity index (χ1n) is 7.56. The molecule has 0 saturated carbocycles. The van der Waals surface area contributed by atoms with Gasteiger partial charge in [0, 0.05) is 23.6 Å². The van der Waals surface area contributed by atoms with Gasteiger partial charge < -0.3 is 4.74 Å². The van der Waals surface area contributed by atoms with Crippen molar-refractivity contribution in [2.24, 2.45) is 0 Å². The van der Waals surface area contributed by atoms with Crippen molar-refractivity contribution in [1.29, 1.82) is 0 Å². The maximum Gasteiger partial charge on any atom is 0.223 e. The van der Waals surface area contributed by atoms with E-state index in [9.17, 15) is 4.39 Å². The molecule has 3 rings (SSSR count). The summed E-state index contributed by atoms with van der Waals surface area (Å²) >= 11 is 1.55. The molecule has 0 radical (unpaired) electrons. The summed E-state index contributed by atoms with van der Waals surface area (Å²) in [6.07, 6.45) is 0. The largest absolute Gasteiger partial charge is 0.439 e. The molecular formula is C19H17FN2OS. The zero-order chi connectivity index (χ0) is 16.9. The minimum atomic E-state index is -0.340. The van der Waals surface area contributed by atoms with Crippen LogP contribution in [0.2, 0.25) is 0 Å². The summed E-state index contributed by atoms with van der Waals surface area (Å²) in [5.41, 5.74) is 3.30. The Morgan fingerprint density at radius 1 is 1.00 bits per heavy atom. The molecule has 3 nitrogen and oxygen atoms in total. The van der Waals surface area contributed by atoms with Crippen molar-refractivity contribution in [3.8, 4) is 11.6 Å². The fourth-order valence-corrected chi connectivity index (χ4v) is 3.17. The van der Waals surface area contributed by atoms with Crippen molar-refractivity contribution < 1.29 is 9.13 Å². The number of ether oxygens (including phenoxy) is 1. The van der Waals surface area contributed by atoms with Crippen LogP contribution in [-0.4, -0.2) is 9.97 Å². The van der Waals surface area contributed by atoms with E-state index in [1.807, 2.05) is 19.1 Å². The first kappa shape index (κ1) is 16.5. The summed E-state index contributed by atoms with van der Waals surface area (Å²) in [5.74, 6) is 1.28. The SMILES string of the molecule is Cc1cc(Oc2cccc(F)c2)nc(SCc2ccccc2C)n1. The molecular weight excluding hydrogens is 323 g/mol. The van der Waals surface area contributed by atoms with E-state index >= 15 is 0 Å². The molecule has 0 fully saturated rings. The Kier molecular flexibility index (Phi) is 5.11. The molecule has 0 N–H and O–H groups in total. The van der Waals surface area contributed by atoms with Gasteiger partial charge in [0.15, 0.2) is 5.16 Å². The van der Waals surface area contributed by atoms with Crippen LogP contribution in [0.4, 0.5) is 4.39 Å². The average Bonchev–Trinajstić information content (AvgIpc) is 2.53. The molecule has 0 bridgehead atoms. The molecule has 24 heavy (non-hydrogen) atoms. The predicted molar refractivity (Wildman–Crippen MR) is 94.0 cm³/mol. The first-order valence-corrected chi connectivity index (χ1v) is 8.55. The van der Waals surface area contributed by atoms with Gasteiger partial charge in [0.1, 0.15) is 11.6 Å². The van der Waals surface area contributed by atoms with Crippen LogP contribution in [0.25, 0.3) is 0 Å². The zero-order valence-electron chi connectivity index (χ0n) is 13.5.